The van der Waals surface area contributed by atoms with Crippen LogP contribution in [-0.4, -0.2) is 57.1 Å². The molecule has 0 heterocycles. The second-order valence-corrected chi connectivity index (χ2v) is 13.0. The highest BCUT2D eigenvalue weighted by Gasteiger charge is 2.33. The molecule has 0 saturated carbocycles. The molecule has 0 aromatic heterocycles. The maximum absolute atomic E-state index is 14.1. The van der Waals surface area contributed by atoms with Crippen LogP contribution in [0.4, 0.5) is 5.69 Å². The van der Waals surface area contributed by atoms with Gasteiger partial charge in [0, 0.05) is 24.0 Å². The number of rotatable bonds is 14. The molecule has 0 radical (unpaired) electrons. The van der Waals surface area contributed by atoms with E-state index in [-0.39, 0.29) is 24.8 Å². The van der Waals surface area contributed by atoms with Crippen molar-refractivity contribution in [2.75, 3.05) is 30.3 Å². The summed E-state index contributed by atoms with van der Waals surface area (Å²) in [6.45, 7) is 6.42. The molecule has 1 N–H and O–H groups in total. The van der Waals surface area contributed by atoms with Crippen molar-refractivity contribution < 1.29 is 22.7 Å². The van der Waals surface area contributed by atoms with Crippen molar-refractivity contribution >= 4 is 43.5 Å². The molecule has 220 valence electrons. The van der Waals surface area contributed by atoms with Crippen LogP contribution in [0.15, 0.2) is 83.3 Å². The molecule has 0 aliphatic carbocycles. The minimum atomic E-state index is -3.84. The second-order valence-electron chi connectivity index (χ2n) is 10.2. The topological polar surface area (TPSA) is 96.0 Å². The van der Waals surface area contributed by atoms with Crippen LogP contribution in [0.2, 0.25) is 0 Å². The zero-order chi connectivity index (χ0) is 30.0. The van der Waals surface area contributed by atoms with Gasteiger partial charge in [-0.1, -0.05) is 72.2 Å². The van der Waals surface area contributed by atoms with E-state index in [1.54, 1.807) is 24.3 Å². The Morgan fingerprint density at radius 3 is 2.20 bits per heavy atom. The maximum atomic E-state index is 14.1. The lowest BCUT2D eigenvalue weighted by Gasteiger charge is -2.33. The molecule has 41 heavy (non-hydrogen) atoms. The molecule has 10 heteroatoms. The van der Waals surface area contributed by atoms with Gasteiger partial charge in [-0.2, -0.15) is 0 Å². The number of hydrogen-bond acceptors (Lipinski definition) is 5. The molecular weight excluding hydrogens is 606 g/mol. The fourth-order valence-corrected chi connectivity index (χ4v) is 5.59. The summed E-state index contributed by atoms with van der Waals surface area (Å²) in [4.78, 5) is 29.2. The predicted octanol–water partition coefficient (Wildman–Crippen LogP) is 5.03. The van der Waals surface area contributed by atoms with Gasteiger partial charge in [0.2, 0.25) is 21.8 Å². The summed E-state index contributed by atoms with van der Waals surface area (Å²) in [5.41, 5.74) is 2.01. The predicted molar refractivity (Wildman–Crippen MR) is 166 cm³/mol. The van der Waals surface area contributed by atoms with Gasteiger partial charge in [-0.3, -0.25) is 13.9 Å². The van der Waals surface area contributed by atoms with Gasteiger partial charge in [0.15, 0.2) is 0 Å². The Bertz CT molecular complexity index is 1400. The first-order chi connectivity index (χ1) is 19.5. The number of hydrogen-bond donors (Lipinski definition) is 1. The number of carbonyl (C=O) groups is 2. The standard InChI is InChI=1S/C31H38BrN3O5S/c1-5-40-28-16-14-27(15-17-28)35(41(4,38)39)22-30(36)34(21-25-12-9-13-26(32)18-25)29(31(37)33-20-23(2)3)19-24-10-7-6-8-11-24/h6-18,23,29H,5,19-22H2,1-4H3,(H,33,37)/t29-/m0/s1. The first kappa shape index (κ1) is 32.1. The molecule has 0 aliphatic rings. The highest BCUT2D eigenvalue weighted by atomic mass is 79.9. The SMILES string of the molecule is CCOc1ccc(N(CC(=O)N(Cc2cccc(Br)c2)[C@@H](Cc2ccccc2)C(=O)NCC(C)C)S(C)(=O)=O)cc1. The van der Waals surface area contributed by atoms with E-state index < -0.39 is 28.5 Å². The Kier molecular flexibility index (Phi) is 11.8. The van der Waals surface area contributed by atoms with Gasteiger partial charge in [-0.05, 0) is 60.4 Å². The number of ether oxygens (including phenoxy) is 1. The minimum Gasteiger partial charge on any atom is -0.494 e. The van der Waals surface area contributed by atoms with Crippen molar-refractivity contribution in [2.45, 2.75) is 39.8 Å². The van der Waals surface area contributed by atoms with E-state index in [2.05, 4.69) is 21.2 Å². The summed E-state index contributed by atoms with van der Waals surface area (Å²) < 4.78 is 33.2. The molecule has 0 aliphatic heterocycles. The molecule has 0 fully saturated rings. The lowest BCUT2D eigenvalue weighted by atomic mass is 10.0. The average molecular weight is 645 g/mol. The third kappa shape index (κ3) is 9.89. The number of nitrogens with one attached hydrogen (secondary N) is 1. The monoisotopic (exact) mass is 643 g/mol. The molecule has 0 bridgehead atoms. The summed E-state index contributed by atoms with van der Waals surface area (Å²) in [6.07, 6.45) is 1.33. The number of benzene rings is 3. The van der Waals surface area contributed by atoms with Gasteiger partial charge in [-0.15, -0.1) is 0 Å². The van der Waals surface area contributed by atoms with E-state index in [1.807, 2.05) is 75.4 Å². The number of nitrogens with zero attached hydrogens (tertiary/aromatic N) is 2. The summed E-state index contributed by atoms with van der Waals surface area (Å²) in [5, 5.41) is 2.98. The van der Waals surface area contributed by atoms with E-state index in [0.717, 1.165) is 26.2 Å². The van der Waals surface area contributed by atoms with E-state index in [0.29, 0.717) is 24.6 Å². The normalized spacial score (nSPS) is 12.0. The number of halogens is 1. The summed E-state index contributed by atoms with van der Waals surface area (Å²) >= 11 is 3.48. The van der Waals surface area contributed by atoms with Gasteiger partial charge in [0.05, 0.1) is 18.6 Å². The minimum absolute atomic E-state index is 0.117. The Balaban J connectivity index is 2.02. The van der Waals surface area contributed by atoms with Crippen LogP contribution < -0.4 is 14.4 Å². The van der Waals surface area contributed by atoms with Gasteiger partial charge in [-0.25, -0.2) is 8.42 Å². The molecule has 0 unspecified atom stereocenters. The number of anilines is 1. The van der Waals surface area contributed by atoms with E-state index in [1.165, 1.54) is 4.90 Å². The summed E-state index contributed by atoms with van der Waals surface area (Å²) in [7, 11) is -3.84. The summed E-state index contributed by atoms with van der Waals surface area (Å²) in [6, 6.07) is 22.6. The third-order valence-electron chi connectivity index (χ3n) is 6.31. The maximum Gasteiger partial charge on any atom is 0.244 e. The van der Waals surface area contributed by atoms with E-state index in [4.69, 9.17) is 4.74 Å². The molecule has 3 aromatic rings. The molecule has 8 nitrogen and oxygen atoms in total. The lowest BCUT2D eigenvalue weighted by Crippen LogP contribution is -2.53. The molecule has 2 amide bonds. The number of amides is 2. The first-order valence-corrected chi connectivity index (χ1v) is 16.2. The van der Waals surface area contributed by atoms with Gasteiger partial charge < -0.3 is 15.0 Å². The van der Waals surface area contributed by atoms with Crippen LogP contribution in [0.1, 0.15) is 31.9 Å². The highest BCUT2D eigenvalue weighted by Crippen LogP contribution is 2.23. The Labute approximate surface area is 251 Å². The van der Waals surface area contributed by atoms with Crippen LogP contribution in [0.5, 0.6) is 5.75 Å². The quantitative estimate of drug-likeness (QED) is 0.266. The second kappa shape index (κ2) is 15.0. The fourth-order valence-electron chi connectivity index (χ4n) is 4.30. The van der Waals surface area contributed by atoms with Crippen molar-refractivity contribution in [3.05, 3.63) is 94.5 Å². The third-order valence-corrected chi connectivity index (χ3v) is 7.95. The molecular formula is C31H38BrN3O5S. The molecule has 0 spiro atoms. The Morgan fingerprint density at radius 2 is 1.61 bits per heavy atom. The van der Waals surface area contributed by atoms with Gasteiger partial charge >= 0.3 is 0 Å². The van der Waals surface area contributed by atoms with Gasteiger partial charge in [0.25, 0.3) is 0 Å². The van der Waals surface area contributed by atoms with Crippen LogP contribution in [0.25, 0.3) is 0 Å². The van der Waals surface area contributed by atoms with E-state index >= 15 is 0 Å². The average Bonchev–Trinajstić information content (AvgIpc) is 2.93. The van der Waals surface area contributed by atoms with Crippen molar-refractivity contribution in [1.29, 1.82) is 0 Å². The van der Waals surface area contributed by atoms with Crippen LogP contribution >= 0.6 is 15.9 Å². The fraction of sp³-hybridized carbons (Fsp3) is 0.355. The Hall–Kier alpha value is -3.37. The van der Waals surface area contributed by atoms with Crippen LogP contribution in [0.3, 0.4) is 0 Å². The molecule has 3 rings (SSSR count). The number of sulfonamides is 1. The number of carbonyl (C=O) groups excluding carboxylic acids is 2. The zero-order valence-electron chi connectivity index (χ0n) is 23.9. The molecule has 3 aromatic carbocycles. The largest absolute Gasteiger partial charge is 0.494 e. The first-order valence-electron chi connectivity index (χ1n) is 13.5. The summed E-state index contributed by atoms with van der Waals surface area (Å²) in [5.74, 6) is 0.0192. The van der Waals surface area contributed by atoms with Gasteiger partial charge in [0.1, 0.15) is 18.3 Å². The molecule has 0 saturated heterocycles. The van der Waals surface area contributed by atoms with Crippen molar-refractivity contribution in [2.24, 2.45) is 5.92 Å². The van der Waals surface area contributed by atoms with Crippen LogP contribution in [-0.2, 0) is 32.6 Å². The van der Waals surface area contributed by atoms with Crippen LogP contribution in [0, 0.1) is 5.92 Å². The van der Waals surface area contributed by atoms with Crippen molar-refractivity contribution in [1.82, 2.24) is 10.2 Å². The zero-order valence-corrected chi connectivity index (χ0v) is 26.3. The van der Waals surface area contributed by atoms with Crippen molar-refractivity contribution in [3.63, 3.8) is 0 Å². The smallest absolute Gasteiger partial charge is 0.244 e. The highest BCUT2D eigenvalue weighted by molar-refractivity contribution is 9.10. The lowest BCUT2D eigenvalue weighted by molar-refractivity contribution is -0.140. The van der Waals surface area contributed by atoms with E-state index in [9.17, 15) is 18.0 Å². The van der Waals surface area contributed by atoms with Crippen molar-refractivity contribution in [3.8, 4) is 5.75 Å². The molecule has 1 atom stereocenters. The Morgan fingerprint density at radius 1 is 0.951 bits per heavy atom.